The second-order valence-electron chi connectivity index (χ2n) is 6.92. The van der Waals surface area contributed by atoms with Crippen LogP contribution in [-0.4, -0.2) is 32.0 Å². The van der Waals surface area contributed by atoms with Crippen molar-refractivity contribution >= 4 is 34.9 Å². The third-order valence-corrected chi connectivity index (χ3v) is 5.06. The number of pyridine rings is 2. The Bertz CT molecular complexity index is 1240. The van der Waals surface area contributed by atoms with E-state index in [9.17, 15) is 0 Å². The van der Waals surface area contributed by atoms with Crippen LogP contribution in [0.3, 0.4) is 0 Å². The van der Waals surface area contributed by atoms with Gasteiger partial charge in [-0.3, -0.25) is 14.8 Å². The summed E-state index contributed by atoms with van der Waals surface area (Å²) >= 11 is 12.1. The van der Waals surface area contributed by atoms with Gasteiger partial charge < -0.3 is 16.0 Å². The van der Waals surface area contributed by atoms with E-state index < -0.39 is 5.97 Å². The number of carboxylic acid groups (broad SMARTS) is 1. The van der Waals surface area contributed by atoms with Gasteiger partial charge in [-0.15, -0.1) is 0 Å². The van der Waals surface area contributed by atoms with E-state index in [-0.39, 0.29) is 13.5 Å². The van der Waals surface area contributed by atoms with E-state index >= 15 is 0 Å². The smallest absolute Gasteiger partial charge is 0.300 e. The Balaban J connectivity index is 0.000000307. The molecule has 0 saturated carbocycles. The molecule has 1 unspecified atom stereocenters. The minimum Gasteiger partial charge on any atom is -0.481 e. The van der Waals surface area contributed by atoms with E-state index in [0.29, 0.717) is 27.0 Å². The third kappa shape index (κ3) is 9.46. The maximum Gasteiger partial charge on any atom is 0.300 e. The van der Waals surface area contributed by atoms with Crippen LogP contribution in [-0.2, 0) is 4.79 Å². The van der Waals surface area contributed by atoms with Gasteiger partial charge >= 0.3 is 0 Å². The molecule has 2 aromatic carbocycles. The zero-order valence-corrected chi connectivity index (χ0v) is 20.3. The highest BCUT2D eigenvalue weighted by Crippen LogP contribution is 2.24. The van der Waals surface area contributed by atoms with Crippen molar-refractivity contribution in [2.24, 2.45) is 10.9 Å². The zero-order chi connectivity index (χ0) is 25.6. The van der Waals surface area contributed by atoms with Crippen molar-refractivity contribution in [2.45, 2.75) is 20.4 Å². The molecule has 2 heterocycles. The van der Waals surface area contributed by atoms with Crippen LogP contribution in [0.2, 0.25) is 10.0 Å². The first-order valence-corrected chi connectivity index (χ1v) is 11.1. The number of aliphatic carboxylic acids is 1. The minimum absolute atomic E-state index is 0. The summed E-state index contributed by atoms with van der Waals surface area (Å²) in [5, 5.41) is 20.9. The summed E-state index contributed by atoms with van der Waals surface area (Å²) < 4.78 is 0. The van der Waals surface area contributed by atoms with E-state index in [1.165, 1.54) is 0 Å². The molecular weight excluding hydrogens is 499 g/mol. The minimum atomic E-state index is -0.833. The molecule has 0 aliphatic heterocycles. The molecule has 9 heteroatoms. The summed E-state index contributed by atoms with van der Waals surface area (Å²) in [4.78, 5) is 17.3. The predicted molar refractivity (Wildman–Crippen MR) is 145 cm³/mol. The number of nitrogens with two attached hydrogens (primary N) is 1. The molecule has 0 saturated heterocycles. The molecule has 7 nitrogen and oxygen atoms in total. The van der Waals surface area contributed by atoms with Gasteiger partial charge in [0.15, 0.2) is 0 Å². The Morgan fingerprint density at radius 1 is 0.861 bits per heavy atom. The number of oxime groups is 1. The highest BCUT2D eigenvalue weighted by atomic mass is 35.5. The van der Waals surface area contributed by atoms with Gasteiger partial charge in [-0.2, -0.15) is 0 Å². The van der Waals surface area contributed by atoms with Crippen molar-refractivity contribution in [3.8, 4) is 0 Å². The van der Waals surface area contributed by atoms with Crippen molar-refractivity contribution in [1.29, 1.82) is 0 Å². The van der Waals surface area contributed by atoms with Gasteiger partial charge in [0.05, 0.1) is 22.5 Å². The van der Waals surface area contributed by atoms with Crippen LogP contribution < -0.4 is 5.73 Å². The molecule has 0 spiro atoms. The van der Waals surface area contributed by atoms with Crippen LogP contribution in [0.25, 0.3) is 0 Å². The lowest BCUT2D eigenvalue weighted by molar-refractivity contribution is -0.134. The van der Waals surface area contributed by atoms with Crippen LogP contribution in [0.15, 0.2) is 102 Å². The molecule has 0 aliphatic carbocycles. The van der Waals surface area contributed by atoms with Gasteiger partial charge in [-0.25, -0.2) is 0 Å². The van der Waals surface area contributed by atoms with Crippen LogP contribution in [0.1, 0.15) is 42.9 Å². The van der Waals surface area contributed by atoms with Gasteiger partial charge in [0.1, 0.15) is 5.71 Å². The van der Waals surface area contributed by atoms with Gasteiger partial charge in [0, 0.05) is 29.9 Å². The van der Waals surface area contributed by atoms with Gasteiger partial charge in [0.25, 0.3) is 5.97 Å². The average molecular weight is 527 g/mol. The SMILES string of the molecule is C.CC(=O)O.NC(c1ccccn1)c1ccccc1Cl.O/N=C(/c1ccccn1)c1ccccc1Cl. The molecule has 188 valence electrons. The van der Waals surface area contributed by atoms with Crippen molar-refractivity contribution in [3.05, 3.63) is 130 Å². The predicted octanol–water partition coefficient (Wildman–Crippen LogP) is 6.47. The highest BCUT2D eigenvalue weighted by Gasteiger charge is 2.12. The normalized spacial score (nSPS) is 10.9. The Hall–Kier alpha value is -3.78. The number of nitrogens with zero attached hydrogens (tertiary/aromatic N) is 3. The topological polar surface area (TPSA) is 122 Å². The fourth-order valence-electron chi connectivity index (χ4n) is 2.85. The fourth-order valence-corrected chi connectivity index (χ4v) is 3.32. The Labute approximate surface area is 220 Å². The lowest BCUT2D eigenvalue weighted by Gasteiger charge is -2.12. The van der Waals surface area contributed by atoms with Gasteiger partial charge in [-0.1, -0.05) is 84.3 Å². The van der Waals surface area contributed by atoms with Crippen molar-refractivity contribution in [1.82, 2.24) is 9.97 Å². The molecule has 36 heavy (non-hydrogen) atoms. The van der Waals surface area contributed by atoms with Crippen LogP contribution in [0, 0.1) is 0 Å². The highest BCUT2D eigenvalue weighted by molar-refractivity contribution is 6.35. The van der Waals surface area contributed by atoms with Crippen molar-refractivity contribution < 1.29 is 15.1 Å². The fraction of sp³-hybridized carbons (Fsp3) is 0.111. The lowest BCUT2D eigenvalue weighted by Crippen LogP contribution is -2.13. The first-order chi connectivity index (χ1) is 16.8. The number of hydrogen-bond donors (Lipinski definition) is 3. The lowest BCUT2D eigenvalue weighted by atomic mass is 10.0. The van der Waals surface area contributed by atoms with Crippen LogP contribution in [0.5, 0.6) is 0 Å². The van der Waals surface area contributed by atoms with Crippen LogP contribution >= 0.6 is 23.2 Å². The number of halogens is 2. The molecule has 2 aromatic heterocycles. The molecule has 4 rings (SSSR count). The maximum absolute atomic E-state index is 9.05. The number of carbonyl (C=O) groups is 1. The van der Waals surface area contributed by atoms with E-state index in [1.54, 1.807) is 36.7 Å². The van der Waals surface area contributed by atoms with Crippen molar-refractivity contribution in [2.75, 3.05) is 0 Å². The third-order valence-electron chi connectivity index (χ3n) is 4.38. The van der Waals surface area contributed by atoms with Gasteiger partial charge in [0.2, 0.25) is 0 Å². The summed E-state index contributed by atoms with van der Waals surface area (Å²) in [6, 6.07) is 25.5. The number of benzene rings is 2. The molecule has 4 aromatic rings. The van der Waals surface area contributed by atoms with Crippen molar-refractivity contribution in [3.63, 3.8) is 0 Å². The Morgan fingerprint density at radius 2 is 1.39 bits per heavy atom. The molecule has 0 fully saturated rings. The molecule has 0 bridgehead atoms. The monoisotopic (exact) mass is 526 g/mol. The van der Waals surface area contributed by atoms with E-state index in [1.807, 2.05) is 60.7 Å². The Kier molecular flexibility index (Phi) is 13.4. The summed E-state index contributed by atoms with van der Waals surface area (Å²) in [6.07, 6.45) is 3.36. The first kappa shape index (κ1) is 30.3. The molecule has 1 atom stereocenters. The summed E-state index contributed by atoms with van der Waals surface area (Å²) in [5.41, 5.74) is 9.40. The van der Waals surface area contributed by atoms with Gasteiger partial charge in [-0.05, 0) is 42.0 Å². The summed E-state index contributed by atoms with van der Waals surface area (Å²) in [5.74, 6) is -0.833. The molecular formula is C27H28Cl2N4O3. The van der Waals surface area contributed by atoms with E-state index in [0.717, 1.165) is 18.2 Å². The number of hydrogen-bond acceptors (Lipinski definition) is 6. The molecule has 0 radical (unpaired) electrons. The zero-order valence-electron chi connectivity index (χ0n) is 18.8. The van der Waals surface area contributed by atoms with Crippen LogP contribution in [0.4, 0.5) is 0 Å². The number of rotatable bonds is 4. The maximum atomic E-state index is 9.05. The second kappa shape index (κ2) is 16.0. The summed E-state index contributed by atoms with van der Waals surface area (Å²) in [6.45, 7) is 1.08. The largest absolute Gasteiger partial charge is 0.481 e. The summed E-state index contributed by atoms with van der Waals surface area (Å²) in [7, 11) is 0. The quantitative estimate of drug-likeness (QED) is 0.159. The molecule has 4 N–H and O–H groups in total. The van der Waals surface area contributed by atoms with E-state index in [4.69, 9.17) is 44.0 Å². The Morgan fingerprint density at radius 3 is 1.89 bits per heavy atom. The number of aromatic nitrogens is 2. The molecule has 0 amide bonds. The molecule has 0 aliphatic rings. The average Bonchev–Trinajstić information content (AvgIpc) is 2.87. The first-order valence-electron chi connectivity index (χ1n) is 10.3. The number of carboxylic acids is 1. The standard InChI is InChI=1S/C12H9ClN2O.C12H11ClN2.C2H4O2.CH4/c13-10-6-2-1-5-9(10)12(15-16)11-7-3-4-8-14-11;13-10-6-2-1-5-9(10)12(14)11-7-3-4-8-15-11;1-2(3)4;/h1-8,16H;1-8,12H,14H2;1H3,(H,3,4);1H4/b15-12+;;;. The van der Waals surface area contributed by atoms with E-state index in [2.05, 4.69) is 15.1 Å². The second-order valence-corrected chi connectivity index (χ2v) is 7.73.